The molecule has 3 nitrogen and oxygen atoms in total. The molecule has 1 atom stereocenters. The zero-order chi connectivity index (χ0) is 10.7. The Kier molecular flexibility index (Phi) is 3.66. The molecule has 1 unspecified atom stereocenters. The van der Waals surface area contributed by atoms with Crippen LogP contribution >= 0.6 is 15.9 Å². The van der Waals surface area contributed by atoms with E-state index < -0.39 is 12.1 Å². The molecule has 76 valence electrons. The second-order valence-electron chi connectivity index (χ2n) is 2.95. The molecule has 1 aromatic carbocycles. The Morgan fingerprint density at radius 2 is 2.21 bits per heavy atom. The first kappa shape index (κ1) is 11.2. The van der Waals surface area contributed by atoms with Crippen LogP contribution in [0.1, 0.15) is 17.2 Å². The molecule has 0 fully saturated rings. The van der Waals surface area contributed by atoms with E-state index in [0.29, 0.717) is 10.0 Å². The van der Waals surface area contributed by atoms with Crippen LogP contribution in [0.5, 0.6) is 0 Å². The van der Waals surface area contributed by atoms with Crippen molar-refractivity contribution >= 4 is 21.9 Å². The molecule has 0 amide bonds. The van der Waals surface area contributed by atoms with E-state index in [1.165, 1.54) is 7.11 Å². The molecule has 1 N–H and O–H groups in total. The van der Waals surface area contributed by atoms with Crippen LogP contribution in [-0.2, 0) is 9.53 Å². The lowest BCUT2D eigenvalue weighted by Gasteiger charge is -2.10. The smallest absolute Gasteiger partial charge is 0.339 e. The Labute approximate surface area is 90.8 Å². The molecule has 14 heavy (non-hydrogen) atoms. The van der Waals surface area contributed by atoms with Crippen LogP contribution in [0.4, 0.5) is 0 Å². The number of rotatable bonds is 2. The van der Waals surface area contributed by atoms with Gasteiger partial charge in [-0.1, -0.05) is 28.1 Å². The molecule has 1 rings (SSSR count). The predicted molar refractivity (Wildman–Crippen MR) is 55.9 cm³/mol. The van der Waals surface area contributed by atoms with E-state index in [1.807, 2.05) is 19.1 Å². The van der Waals surface area contributed by atoms with Crippen LogP contribution in [0, 0.1) is 6.92 Å². The highest BCUT2D eigenvalue weighted by Crippen LogP contribution is 2.25. The number of carbonyl (C=O) groups excluding carboxylic acids is 1. The molecule has 0 aliphatic heterocycles. The minimum atomic E-state index is -1.23. The Morgan fingerprint density at radius 1 is 1.57 bits per heavy atom. The SMILES string of the molecule is COC(=O)C(O)c1ccc(C)cc1Br. The largest absolute Gasteiger partial charge is 0.467 e. The van der Waals surface area contributed by atoms with Crippen molar-refractivity contribution in [2.45, 2.75) is 13.0 Å². The van der Waals surface area contributed by atoms with E-state index in [4.69, 9.17) is 0 Å². The molecule has 0 aromatic heterocycles. The summed E-state index contributed by atoms with van der Waals surface area (Å²) in [5.74, 6) is -0.658. The van der Waals surface area contributed by atoms with Gasteiger partial charge in [-0.3, -0.25) is 0 Å². The minimum absolute atomic E-state index is 0.516. The second-order valence-corrected chi connectivity index (χ2v) is 3.81. The van der Waals surface area contributed by atoms with Crippen LogP contribution < -0.4 is 0 Å². The average Bonchev–Trinajstić information content (AvgIpc) is 2.15. The van der Waals surface area contributed by atoms with E-state index >= 15 is 0 Å². The zero-order valence-electron chi connectivity index (χ0n) is 7.95. The van der Waals surface area contributed by atoms with Crippen molar-refractivity contribution in [3.63, 3.8) is 0 Å². The third-order valence-corrected chi connectivity index (χ3v) is 2.56. The van der Waals surface area contributed by atoms with Crippen LogP contribution in [0.2, 0.25) is 0 Å². The molecule has 0 aliphatic rings. The Bertz CT molecular complexity index is 349. The van der Waals surface area contributed by atoms with E-state index in [9.17, 15) is 9.90 Å². The summed E-state index contributed by atoms with van der Waals surface area (Å²) in [6.45, 7) is 1.93. The first-order valence-electron chi connectivity index (χ1n) is 4.08. The van der Waals surface area contributed by atoms with Gasteiger partial charge in [0.1, 0.15) is 0 Å². The molecule has 0 radical (unpaired) electrons. The lowest BCUT2D eigenvalue weighted by Crippen LogP contribution is -2.13. The Hall–Kier alpha value is -0.870. The maximum atomic E-state index is 11.1. The van der Waals surface area contributed by atoms with Crippen molar-refractivity contribution in [1.82, 2.24) is 0 Å². The van der Waals surface area contributed by atoms with Gasteiger partial charge in [0.05, 0.1) is 7.11 Å². The number of ether oxygens (including phenoxy) is 1. The fourth-order valence-electron chi connectivity index (χ4n) is 1.09. The monoisotopic (exact) mass is 258 g/mol. The van der Waals surface area contributed by atoms with Gasteiger partial charge in [-0.15, -0.1) is 0 Å². The molecule has 0 saturated heterocycles. The minimum Gasteiger partial charge on any atom is -0.467 e. The standard InChI is InChI=1S/C10H11BrO3/c1-6-3-4-7(8(11)5-6)9(12)10(13)14-2/h3-5,9,12H,1-2H3. The van der Waals surface area contributed by atoms with E-state index in [-0.39, 0.29) is 0 Å². The number of aliphatic hydroxyl groups excluding tert-OH is 1. The molecule has 0 aliphatic carbocycles. The van der Waals surface area contributed by atoms with Gasteiger partial charge < -0.3 is 9.84 Å². The summed E-state index contributed by atoms with van der Waals surface area (Å²) in [6.07, 6.45) is -1.23. The van der Waals surface area contributed by atoms with Crippen molar-refractivity contribution in [3.05, 3.63) is 33.8 Å². The molecule has 1 aromatic rings. The van der Waals surface area contributed by atoms with E-state index in [0.717, 1.165) is 5.56 Å². The number of hydrogen-bond donors (Lipinski definition) is 1. The summed E-state index contributed by atoms with van der Waals surface area (Å²) in [7, 11) is 1.24. The topological polar surface area (TPSA) is 46.5 Å². The predicted octanol–water partition coefficient (Wildman–Crippen LogP) is 1.96. The normalized spacial score (nSPS) is 12.3. The first-order valence-corrected chi connectivity index (χ1v) is 4.87. The fraction of sp³-hybridized carbons (Fsp3) is 0.300. The molecular formula is C10H11BrO3. The fourth-order valence-corrected chi connectivity index (χ4v) is 1.80. The lowest BCUT2D eigenvalue weighted by molar-refractivity contribution is -0.150. The van der Waals surface area contributed by atoms with Crippen molar-refractivity contribution in [2.24, 2.45) is 0 Å². The molecular weight excluding hydrogens is 248 g/mol. The third kappa shape index (κ3) is 2.33. The van der Waals surface area contributed by atoms with Crippen molar-refractivity contribution in [2.75, 3.05) is 7.11 Å². The molecule has 0 saturated carbocycles. The van der Waals surface area contributed by atoms with Crippen LogP contribution in [0.25, 0.3) is 0 Å². The molecule has 0 spiro atoms. The summed E-state index contributed by atoms with van der Waals surface area (Å²) in [5.41, 5.74) is 1.57. The van der Waals surface area contributed by atoms with Crippen LogP contribution in [0.15, 0.2) is 22.7 Å². The summed E-state index contributed by atoms with van der Waals surface area (Å²) in [5, 5.41) is 9.56. The Morgan fingerprint density at radius 3 is 2.71 bits per heavy atom. The highest BCUT2D eigenvalue weighted by Gasteiger charge is 2.19. The van der Waals surface area contributed by atoms with Crippen LogP contribution in [-0.4, -0.2) is 18.2 Å². The second kappa shape index (κ2) is 4.57. The van der Waals surface area contributed by atoms with Gasteiger partial charge in [0.15, 0.2) is 6.10 Å². The number of carbonyl (C=O) groups is 1. The van der Waals surface area contributed by atoms with E-state index in [2.05, 4.69) is 20.7 Å². The number of aliphatic hydroxyl groups is 1. The van der Waals surface area contributed by atoms with Crippen LogP contribution in [0.3, 0.4) is 0 Å². The van der Waals surface area contributed by atoms with Gasteiger partial charge in [-0.2, -0.15) is 0 Å². The summed E-state index contributed by atoms with van der Waals surface area (Å²) >= 11 is 3.28. The van der Waals surface area contributed by atoms with Gasteiger partial charge in [0, 0.05) is 10.0 Å². The van der Waals surface area contributed by atoms with Gasteiger partial charge in [-0.25, -0.2) is 4.79 Å². The summed E-state index contributed by atoms with van der Waals surface area (Å²) in [4.78, 5) is 11.1. The van der Waals surface area contributed by atoms with Gasteiger partial charge >= 0.3 is 5.97 Å². The number of benzene rings is 1. The Balaban J connectivity index is 3.01. The van der Waals surface area contributed by atoms with E-state index in [1.54, 1.807) is 6.07 Å². The first-order chi connectivity index (χ1) is 6.56. The quantitative estimate of drug-likeness (QED) is 0.826. The number of methoxy groups -OCH3 is 1. The zero-order valence-corrected chi connectivity index (χ0v) is 9.54. The number of halogens is 1. The number of esters is 1. The molecule has 4 heteroatoms. The van der Waals surface area contributed by atoms with Crippen molar-refractivity contribution < 1.29 is 14.6 Å². The summed E-state index contributed by atoms with van der Waals surface area (Å²) in [6, 6.07) is 5.36. The van der Waals surface area contributed by atoms with Crippen molar-refractivity contribution in [1.29, 1.82) is 0 Å². The average molecular weight is 259 g/mol. The number of aryl methyl sites for hydroxylation is 1. The highest BCUT2D eigenvalue weighted by atomic mass is 79.9. The maximum Gasteiger partial charge on any atom is 0.339 e. The maximum absolute atomic E-state index is 11.1. The van der Waals surface area contributed by atoms with Gasteiger partial charge in [-0.05, 0) is 18.6 Å². The lowest BCUT2D eigenvalue weighted by atomic mass is 10.1. The van der Waals surface area contributed by atoms with Gasteiger partial charge in [0.25, 0.3) is 0 Å². The molecule has 0 heterocycles. The molecule has 0 bridgehead atoms. The highest BCUT2D eigenvalue weighted by molar-refractivity contribution is 9.10. The van der Waals surface area contributed by atoms with Gasteiger partial charge in [0.2, 0.25) is 0 Å². The third-order valence-electron chi connectivity index (χ3n) is 1.87. The summed E-state index contributed by atoms with van der Waals surface area (Å²) < 4.78 is 5.15. The van der Waals surface area contributed by atoms with Crippen molar-refractivity contribution in [3.8, 4) is 0 Å². The number of hydrogen-bond acceptors (Lipinski definition) is 3.